The third-order valence-corrected chi connectivity index (χ3v) is 2.94. The van der Waals surface area contributed by atoms with E-state index in [9.17, 15) is 0 Å². The predicted molar refractivity (Wildman–Crippen MR) is 57.8 cm³/mol. The van der Waals surface area contributed by atoms with Crippen LogP contribution in [0.15, 0.2) is 21.1 Å². The molecule has 1 aromatic carbocycles. The van der Waals surface area contributed by atoms with Crippen LogP contribution in [0, 0.1) is 6.92 Å². The molecule has 0 amide bonds. The molecule has 0 aliphatic carbocycles. The second-order valence-corrected chi connectivity index (χ2v) is 4.16. The van der Waals surface area contributed by atoms with Crippen LogP contribution in [0.5, 0.6) is 0 Å². The maximum absolute atomic E-state index is 3.49. The van der Waals surface area contributed by atoms with Crippen LogP contribution < -0.4 is 5.46 Å². The van der Waals surface area contributed by atoms with Crippen molar-refractivity contribution in [2.24, 2.45) is 0 Å². The lowest BCUT2D eigenvalue weighted by molar-refractivity contribution is 1.45. The fourth-order valence-electron chi connectivity index (χ4n) is 0.966. The van der Waals surface area contributed by atoms with E-state index in [0.717, 1.165) is 8.95 Å². The average molecular weight is 275 g/mol. The quantitative estimate of drug-likeness (QED) is 0.691. The minimum Gasteiger partial charge on any atom is -0.0872 e. The lowest BCUT2D eigenvalue weighted by atomic mass is 9.71. The molecule has 0 aliphatic rings. The van der Waals surface area contributed by atoms with Crippen LogP contribution >= 0.6 is 31.9 Å². The van der Waals surface area contributed by atoms with Crippen molar-refractivity contribution >= 4 is 44.6 Å². The fourth-order valence-corrected chi connectivity index (χ4v) is 2.22. The molecule has 11 heavy (non-hydrogen) atoms. The molecule has 0 spiro atoms. The Hall–Kier alpha value is 0.245. The summed E-state index contributed by atoms with van der Waals surface area (Å²) in [5, 5.41) is 0. The maximum Gasteiger partial charge on any atom is 0.148 e. The number of benzene rings is 1. The van der Waals surface area contributed by atoms with Gasteiger partial charge in [-0.05, 0) is 18.6 Å². The van der Waals surface area contributed by atoms with Crippen LogP contribution in [0.1, 0.15) is 5.56 Å². The Morgan fingerprint density at radius 3 is 2.45 bits per heavy atom. The third-order valence-electron chi connectivity index (χ3n) is 1.66. The zero-order chi connectivity index (χ0) is 8.43. The van der Waals surface area contributed by atoms with Gasteiger partial charge in [-0.1, -0.05) is 50.2 Å². The highest BCUT2D eigenvalue weighted by Crippen LogP contribution is 2.19. The van der Waals surface area contributed by atoms with E-state index < -0.39 is 0 Å². The summed E-state index contributed by atoms with van der Waals surface area (Å²) in [5.74, 6) is 0. The first-order chi connectivity index (χ1) is 5.15. The highest BCUT2D eigenvalue weighted by molar-refractivity contribution is 9.11. The van der Waals surface area contributed by atoms with Crippen molar-refractivity contribution in [2.75, 3.05) is 0 Å². The van der Waals surface area contributed by atoms with Gasteiger partial charge in [0.25, 0.3) is 0 Å². The van der Waals surface area contributed by atoms with Crippen LogP contribution in [-0.4, -0.2) is 7.28 Å². The van der Waals surface area contributed by atoms with Gasteiger partial charge in [-0.3, -0.25) is 0 Å². The smallest absolute Gasteiger partial charge is 0.0872 e. The van der Waals surface area contributed by atoms with E-state index in [1.54, 1.807) is 0 Å². The molecular formula is C8H8BBr2. The van der Waals surface area contributed by atoms with Gasteiger partial charge in [-0.2, -0.15) is 0 Å². The summed E-state index contributed by atoms with van der Waals surface area (Å²) < 4.78 is 2.27. The zero-order valence-electron chi connectivity index (χ0n) is 6.49. The molecule has 0 aliphatic heterocycles. The molecule has 0 unspecified atom stereocenters. The van der Waals surface area contributed by atoms with Gasteiger partial charge in [-0.15, -0.1) is 0 Å². The monoisotopic (exact) mass is 273 g/mol. The number of halogens is 2. The molecule has 3 heteroatoms. The Morgan fingerprint density at radius 1 is 1.27 bits per heavy atom. The Bertz CT molecular complexity index is 271. The van der Waals surface area contributed by atoms with Crippen LogP contribution in [0.3, 0.4) is 0 Å². The molecule has 0 saturated heterocycles. The SMILES string of the molecule is C[B]c1cc(Br)cc(Br)c1C. The van der Waals surface area contributed by atoms with Gasteiger partial charge in [0, 0.05) is 8.95 Å². The van der Waals surface area contributed by atoms with Gasteiger partial charge in [-0.25, -0.2) is 0 Å². The average Bonchev–Trinajstić information content (AvgIpc) is 1.96. The summed E-state index contributed by atoms with van der Waals surface area (Å²) in [6, 6.07) is 4.17. The van der Waals surface area contributed by atoms with Crippen molar-refractivity contribution < 1.29 is 0 Å². The normalized spacial score (nSPS) is 9.82. The number of hydrogen-bond donors (Lipinski definition) is 0. The maximum atomic E-state index is 3.49. The van der Waals surface area contributed by atoms with E-state index >= 15 is 0 Å². The molecule has 1 radical (unpaired) electrons. The standard InChI is InChI=1S/C8H8BBr2/c1-5-7(9-2)3-6(10)4-8(5)11/h3-4H,1-2H3. The second kappa shape index (κ2) is 3.77. The number of rotatable bonds is 1. The molecule has 0 atom stereocenters. The Morgan fingerprint density at radius 2 is 1.91 bits per heavy atom. The molecular weight excluding hydrogens is 267 g/mol. The number of hydrogen-bond acceptors (Lipinski definition) is 0. The zero-order valence-corrected chi connectivity index (χ0v) is 9.66. The largest absolute Gasteiger partial charge is 0.148 e. The first-order valence-corrected chi connectivity index (χ1v) is 4.98. The molecule has 0 fully saturated rings. The minimum atomic E-state index is 1.11. The molecule has 0 aromatic heterocycles. The van der Waals surface area contributed by atoms with Crippen molar-refractivity contribution in [1.82, 2.24) is 0 Å². The molecule has 0 saturated carbocycles. The summed E-state index contributed by atoms with van der Waals surface area (Å²) >= 11 is 6.93. The molecule has 57 valence electrons. The highest BCUT2D eigenvalue weighted by atomic mass is 79.9. The highest BCUT2D eigenvalue weighted by Gasteiger charge is 2.01. The van der Waals surface area contributed by atoms with Crippen LogP contribution in [0.25, 0.3) is 0 Å². The molecule has 0 heterocycles. The fraction of sp³-hybridized carbons (Fsp3) is 0.250. The van der Waals surface area contributed by atoms with Crippen LogP contribution in [-0.2, 0) is 0 Å². The Balaban J connectivity index is 3.24. The third kappa shape index (κ3) is 2.09. The summed E-state index contributed by atoms with van der Waals surface area (Å²) in [7, 11) is 2.10. The van der Waals surface area contributed by atoms with E-state index in [0.29, 0.717) is 0 Å². The van der Waals surface area contributed by atoms with Crippen molar-refractivity contribution in [3.63, 3.8) is 0 Å². The van der Waals surface area contributed by atoms with Gasteiger partial charge < -0.3 is 0 Å². The summed E-state index contributed by atoms with van der Waals surface area (Å²) in [5.41, 5.74) is 2.56. The molecule has 1 aromatic rings. The van der Waals surface area contributed by atoms with Gasteiger partial charge in [0.15, 0.2) is 0 Å². The molecule has 0 nitrogen and oxygen atoms in total. The first kappa shape index (κ1) is 9.33. The van der Waals surface area contributed by atoms with Gasteiger partial charge in [0.2, 0.25) is 0 Å². The van der Waals surface area contributed by atoms with Crippen molar-refractivity contribution in [3.8, 4) is 0 Å². The first-order valence-electron chi connectivity index (χ1n) is 3.40. The van der Waals surface area contributed by atoms with Gasteiger partial charge in [0.1, 0.15) is 7.28 Å². The molecule has 0 N–H and O–H groups in total. The van der Waals surface area contributed by atoms with Crippen molar-refractivity contribution in [2.45, 2.75) is 13.7 Å². The van der Waals surface area contributed by atoms with Crippen molar-refractivity contribution in [3.05, 3.63) is 26.6 Å². The molecule has 1 rings (SSSR count). The Labute approximate surface area is 84.9 Å². The summed E-state index contributed by atoms with van der Waals surface area (Å²) in [6.45, 7) is 4.15. The van der Waals surface area contributed by atoms with E-state index in [1.165, 1.54) is 11.0 Å². The predicted octanol–water partition coefficient (Wildman–Crippen LogP) is 2.90. The van der Waals surface area contributed by atoms with Crippen LogP contribution in [0.2, 0.25) is 6.82 Å². The second-order valence-electron chi connectivity index (χ2n) is 2.39. The van der Waals surface area contributed by atoms with Gasteiger partial charge in [0.05, 0.1) is 0 Å². The lowest BCUT2D eigenvalue weighted by Crippen LogP contribution is -2.14. The van der Waals surface area contributed by atoms with Gasteiger partial charge >= 0.3 is 0 Å². The van der Waals surface area contributed by atoms with E-state index in [1.807, 2.05) is 6.82 Å². The van der Waals surface area contributed by atoms with E-state index in [2.05, 4.69) is 58.2 Å². The lowest BCUT2D eigenvalue weighted by Gasteiger charge is -2.05. The van der Waals surface area contributed by atoms with E-state index in [-0.39, 0.29) is 0 Å². The Kier molecular flexibility index (Phi) is 3.20. The van der Waals surface area contributed by atoms with E-state index in [4.69, 9.17) is 0 Å². The summed E-state index contributed by atoms with van der Waals surface area (Å²) in [6.07, 6.45) is 0. The minimum absolute atomic E-state index is 1.11. The van der Waals surface area contributed by atoms with Crippen molar-refractivity contribution in [1.29, 1.82) is 0 Å². The summed E-state index contributed by atoms with van der Waals surface area (Å²) in [4.78, 5) is 0. The molecule has 0 bridgehead atoms. The topological polar surface area (TPSA) is 0 Å². The van der Waals surface area contributed by atoms with Crippen LogP contribution in [0.4, 0.5) is 0 Å².